The van der Waals surface area contributed by atoms with Gasteiger partial charge < -0.3 is 10.1 Å². The van der Waals surface area contributed by atoms with Gasteiger partial charge in [-0.2, -0.15) is 0 Å². The Morgan fingerprint density at radius 3 is 2.72 bits per heavy atom. The summed E-state index contributed by atoms with van der Waals surface area (Å²) in [4.78, 5) is 1.47. The third-order valence-electron chi connectivity index (χ3n) is 3.67. The van der Waals surface area contributed by atoms with Crippen molar-refractivity contribution in [2.45, 2.75) is 39.2 Å². The molecule has 2 rings (SSSR count). The molecule has 0 aliphatic carbocycles. The maximum absolute atomic E-state index is 5.54. The summed E-state index contributed by atoms with van der Waals surface area (Å²) in [6.07, 6.45) is 3.49. The number of nitrogens with one attached hydrogen (secondary N) is 1. The molecule has 0 bridgehead atoms. The van der Waals surface area contributed by atoms with Gasteiger partial charge in [-0.3, -0.25) is 0 Å². The van der Waals surface area contributed by atoms with E-state index in [1.807, 2.05) is 11.3 Å². The van der Waals surface area contributed by atoms with Crippen molar-refractivity contribution in [3.63, 3.8) is 0 Å². The number of halogens is 1. The number of thiophene rings is 1. The Bertz CT molecular complexity index is 372. The second-order valence-electron chi connectivity index (χ2n) is 5.52. The lowest BCUT2D eigenvalue weighted by Crippen LogP contribution is -2.42. The minimum atomic E-state index is 0.371. The molecule has 1 aromatic heterocycles. The summed E-state index contributed by atoms with van der Waals surface area (Å²) in [5, 5.41) is 5.79. The molecule has 4 heteroatoms. The summed E-state index contributed by atoms with van der Waals surface area (Å²) in [6, 6.07) is 2.71. The van der Waals surface area contributed by atoms with Crippen molar-refractivity contribution in [2.24, 2.45) is 5.41 Å². The minimum absolute atomic E-state index is 0.371. The highest BCUT2D eigenvalue weighted by molar-refractivity contribution is 9.10. The van der Waals surface area contributed by atoms with Crippen molar-refractivity contribution in [1.82, 2.24) is 5.32 Å². The van der Waals surface area contributed by atoms with E-state index in [0.717, 1.165) is 39.0 Å². The van der Waals surface area contributed by atoms with Crippen LogP contribution in [0.3, 0.4) is 0 Å². The minimum Gasteiger partial charge on any atom is -0.381 e. The lowest BCUT2D eigenvalue weighted by molar-refractivity contribution is 0.0144. The van der Waals surface area contributed by atoms with Crippen LogP contribution in [0.4, 0.5) is 0 Å². The monoisotopic (exact) mass is 331 g/mol. The largest absolute Gasteiger partial charge is 0.381 e. The number of hydrogen-bond acceptors (Lipinski definition) is 3. The smallest absolute Gasteiger partial charge is 0.0471 e. The molecule has 0 unspecified atom stereocenters. The second-order valence-corrected chi connectivity index (χ2v) is 7.37. The van der Waals surface area contributed by atoms with Gasteiger partial charge in [-0.25, -0.2) is 0 Å². The first-order chi connectivity index (χ1) is 8.61. The molecule has 0 spiro atoms. The zero-order chi connectivity index (χ0) is 13.0. The van der Waals surface area contributed by atoms with E-state index in [2.05, 4.69) is 46.5 Å². The molecule has 0 radical (unpaired) electrons. The molecule has 1 aliphatic rings. The molecule has 1 N–H and O–H groups in total. The van der Waals surface area contributed by atoms with Crippen molar-refractivity contribution >= 4 is 27.3 Å². The van der Waals surface area contributed by atoms with Gasteiger partial charge >= 0.3 is 0 Å². The molecule has 0 amide bonds. The molecule has 0 aromatic carbocycles. The van der Waals surface area contributed by atoms with Crippen molar-refractivity contribution in [3.05, 3.63) is 20.8 Å². The topological polar surface area (TPSA) is 21.3 Å². The molecule has 2 heterocycles. The quantitative estimate of drug-likeness (QED) is 0.884. The fourth-order valence-corrected chi connectivity index (χ4v) is 4.10. The fraction of sp³-hybridized carbons (Fsp3) is 0.714. The Morgan fingerprint density at radius 1 is 1.44 bits per heavy atom. The van der Waals surface area contributed by atoms with E-state index in [-0.39, 0.29) is 0 Å². The lowest BCUT2D eigenvalue weighted by Gasteiger charge is -2.38. The highest BCUT2D eigenvalue weighted by Gasteiger charge is 2.33. The maximum Gasteiger partial charge on any atom is 0.0471 e. The predicted octanol–water partition coefficient (Wildman–Crippen LogP) is 3.85. The van der Waals surface area contributed by atoms with Gasteiger partial charge in [0.15, 0.2) is 0 Å². The molecule has 18 heavy (non-hydrogen) atoms. The summed E-state index contributed by atoms with van der Waals surface area (Å²) >= 11 is 5.52. The molecule has 1 fully saturated rings. The fourth-order valence-electron chi connectivity index (χ4n) is 2.43. The third kappa shape index (κ3) is 3.80. The van der Waals surface area contributed by atoms with Crippen LogP contribution in [0.2, 0.25) is 0 Å². The van der Waals surface area contributed by atoms with Gasteiger partial charge in [0.25, 0.3) is 0 Å². The van der Waals surface area contributed by atoms with Gasteiger partial charge in [0.1, 0.15) is 0 Å². The molecule has 102 valence electrons. The van der Waals surface area contributed by atoms with Crippen molar-refractivity contribution in [3.8, 4) is 0 Å². The molecule has 2 nitrogen and oxygen atoms in total. The Kier molecular flexibility index (Phi) is 5.24. The molecular formula is C14H22BrNOS. The average molecular weight is 332 g/mol. The van der Waals surface area contributed by atoms with Gasteiger partial charge in [0, 0.05) is 35.2 Å². The second kappa shape index (κ2) is 6.51. The Hall–Kier alpha value is 0.1000. The van der Waals surface area contributed by atoms with E-state index in [1.165, 1.54) is 9.35 Å². The Morgan fingerprint density at radius 2 is 2.17 bits per heavy atom. The molecule has 1 aromatic rings. The van der Waals surface area contributed by atoms with Gasteiger partial charge in [-0.1, -0.05) is 13.8 Å². The predicted molar refractivity (Wildman–Crippen MR) is 81.3 cm³/mol. The van der Waals surface area contributed by atoms with Gasteiger partial charge in [0.05, 0.1) is 0 Å². The van der Waals surface area contributed by atoms with Gasteiger partial charge in [-0.05, 0) is 52.1 Å². The zero-order valence-corrected chi connectivity index (χ0v) is 13.6. The normalized spacial score (nSPS) is 19.3. The molecule has 0 atom stereocenters. The van der Waals surface area contributed by atoms with Crippen LogP contribution in [-0.4, -0.2) is 25.8 Å². The van der Waals surface area contributed by atoms with Crippen molar-refractivity contribution in [1.29, 1.82) is 0 Å². The first kappa shape index (κ1) is 14.5. The number of hydrogen-bond donors (Lipinski definition) is 1. The van der Waals surface area contributed by atoms with Crippen LogP contribution in [0.15, 0.2) is 15.9 Å². The maximum atomic E-state index is 5.54. The molecule has 0 saturated carbocycles. The highest BCUT2D eigenvalue weighted by atomic mass is 79.9. The SMILES string of the molecule is CC(C)NCC1(Cc2sccc2Br)CCOCC1. The van der Waals surface area contributed by atoms with E-state index in [1.54, 1.807) is 0 Å². The lowest BCUT2D eigenvalue weighted by atomic mass is 9.76. The summed E-state index contributed by atoms with van der Waals surface area (Å²) in [5.74, 6) is 0. The van der Waals surface area contributed by atoms with E-state index in [0.29, 0.717) is 11.5 Å². The van der Waals surface area contributed by atoms with Crippen molar-refractivity contribution in [2.75, 3.05) is 19.8 Å². The van der Waals surface area contributed by atoms with E-state index >= 15 is 0 Å². The first-order valence-electron chi connectivity index (χ1n) is 6.64. The van der Waals surface area contributed by atoms with Gasteiger partial charge in [-0.15, -0.1) is 11.3 Å². The molecule has 1 saturated heterocycles. The zero-order valence-electron chi connectivity index (χ0n) is 11.2. The van der Waals surface area contributed by atoms with Crippen LogP contribution in [0.1, 0.15) is 31.6 Å². The number of rotatable bonds is 5. The van der Waals surface area contributed by atoms with Gasteiger partial charge in [0.2, 0.25) is 0 Å². The summed E-state index contributed by atoms with van der Waals surface area (Å²) in [5.41, 5.74) is 0.371. The summed E-state index contributed by atoms with van der Waals surface area (Å²) in [7, 11) is 0. The standard InChI is InChI=1S/C14H22BrNOS/c1-11(2)16-10-14(4-6-17-7-5-14)9-13-12(15)3-8-18-13/h3,8,11,16H,4-7,9-10H2,1-2H3. The number of ether oxygens (including phenoxy) is 1. The van der Waals surface area contributed by atoms with E-state index in [4.69, 9.17) is 4.74 Å². The average Bonchev–Trinajstić information content (AvgIpc) is 2.74. The Labute approximate surface area is 122 Å². The van der Waals surface area contributed by atoms with Crippen LogP contribution in [0, 0.1) is 5.41 Å². The van der Waals surface area contributed by atoms with Crippen LogP contribution < -0.4 is 5.32 Å². The van der Waals surface area contributed by atoms with Crippen LogP contribution >= 0.6 is 27.3 Å². The molecular weight excluding hydrogens is 310 g/mol. The van der Waals surface area contributed by atoms with E-state index < -0.39 is 0 Å². The first-order valence-corrected chi connectivity index (χ1v) is 8.32. The summed E-state index contributed by atoms with van der Waals surface area (Å²) < 4.78 is 6.81. The van der Waals surface area contributed by atoms with Crippen LogP contribution in [-0.2, 0) is 11.2 Å². The van der Waals surface area contributed by atoms with E-state index in [9.17, 15) is 0 Å². The summed E-state index contributed by atoms with van der Waals surface area (Å²) in [6.45, 7) is 7.34. The van der Waals surface area contributed by atoms with Crippen LogP contribution in [0.5, 0.6) is 0 Å². The van der Waals surface area contributed by atoms with Crippen LogP contribution in [0.25, 0.3) is 0 Å². The Balaban J connectivity index is 2.06. The third-order valence-corrected chi connectivity index (χ3v) is 5.59. The molecule has 1 aliphatic heterocycles. The highest BCUT2D eigenvalue weighted by Crippen LogP contribution is 2.37. The van der Waals surface area contributed by atoms with Crippen molar-refractivity contribution < 1.29 is 4.74 Å².